The summed E-state index contributed by atoms with van der Waals surface area (Å²) in [6, 6.07) is 12.5. The van der Waals surface area contributed by atoms with Crippen LogP contribution in [-0.4, -0.2) is 33.5 Å². The van der Waals surface area contributed by atoms with Gasteiger partial charge in [-0.25, -0.2) is 9.37 Å². The second-order valence-electron chi connectivity index (χ2n) is 8.63. The predicted molar refractivity (Wildman–Crippen MR) is 114 cm³/mol. The summed E-state index contributed by atoms with van der Waals surface area (Å²) in [5.41, 5.74) is -2.96. The molecule has 1 N–H and O–H groups in total. The third-order valence-electron chi connectivity index (χ3n) is 5.51. The van der Waals surface area contributed by atoms with Crippen LogP contribution in [0.15, 0.2) is 54.7 Å². The molecule has 0 saturated heterocycles. The largest absolute Gasteiger partial charge is 0.496 e. The molecule has 0 aliphatic rings. The van der Waals surface area contributed by atoms with Gasteiger partial charge in [0.2, 0.25) is 0 Å². The normalized spacial score (nSPS) is 14.3. The molecule has 0 amide bonds. The molecule has 0 saturated carbocycles. The molecule has 0 spiro atoms. The van der Waals surface area contributed by atoms with Crippen LogP contribution in [0.4, 0.5) is 17.6 Å². The van der Waals surface area contributed by atoms with E-state index >= 15 is 0 Å². The monoisotopic (exact) mass is 450 g/mol. The number of benzene rings is 2. The number of imidazole rings is 1. The Balaban J connectivity index is 2.04. The zero-order valence-electron chi connectivity index (χ0n) is 18.4. The number of aromatic nitrogens is 2. The van der Waals surface area contributed by atoms with Crippen molar-refractivity contribution in [2.24, 2.45) is 0 Å². The first kappa shape index (κ1) is 23.8. The van der Waals surface area contributed by atoms with Crippen LogP contribution in [0.5, 0.6) is 5.75 Å². The molecule has 0 aliphatic heterocycles. The first-order valence-electron chi connectivity index (χ1n) is 10.1. The number of hydrogen-bond donors (Lipinski definition) is 1. The van der Waals surface area contributed by atoms with Gasteiger partial charge < -0.3 is 14.4 Å². The lowest BCUT2D eigenvalue weighted by Crippen LogP contribution is -2.52. The quantitative estimate of drug-likeness (QED) is 0.472. The van der Waals surface area contributed by atoms with E-state index in [4.69, 9.17) is 4.74 Å². The Morgan fingerprint density at radius 2 is 1.72 bits per heavy atom. The molecule has 172 valence electrons. The second kappa shape index (κ2) is 8.58. The van der Waals surface area contributed by atoms with E-state index in [1.165, 1.54) is 43.9 Å². The highest BCUT2D eigenvalue weighted by Gasteiger charge is 2.56. The van der Waals surface area contributed by atoms with Gasteiger partial charge in [-0.3, -0.25) is 0 Å². The van der Waals surface area contributed by atoms with Crippen molar-refractivity contribution in [1.82, 2.24) is 9.55 Å². The number of ether oxygens (including phenoxy) is 1. The fourth-order valence-electron chi connectivity index (χ4n) is 4.05. The number of hydrogen-bond acceptors (Lipinski definition) is 3. The zero-order valence-corrected chi connectivity index (χ0v) is 18.4. The zero-order chi connectivity index (χ0) is 23.7. The van der Waals surface area contributed by atoms with Gasteiger partial charge in [-0.2, -0.15) is 13.2 Å². The molecule has 4 nitrogen and oxygen atoms in total. The first-order valence-corrected chi connectivity index (χ1v) is 10.1. The lowest BCUT2D eigenvalue weighted by molar-refractivity contribution is -0.271. The molecule has 1 heterocycles. The van der Waals surface area contributed by atoms with Gasteiger partial charge in [-0.05, 0) is 37.0 Å². The molecular weight excluding hydrogens is 424 g/mol. The minimum absolute atomic E-state index is 0.243. The summed E-state index contributed by atoms with van der Waals surface area (Å²) in [4.78, 5) is 4.36. The number of nitrogens with zero attached hydrogens (tertiary/aromatic N) is 2. The van der Waals surface area contributed by atoms with E-state index < -0.39 is 36.0 Å². The average Bonchev–Trinajstić information content (AvgIpc) is 3.07. The highest BCUT2D eigenvalue weighted by molar-refractivity contribution is 5.55. The summed E-state index contributed by atoms with van der Waals surface area (Å²) in [5, 5.41) is 11.0. The van der Waals surface area contributed by atoms with Crippen molar-refractivity contribution in [3.63, 3.8) is 0 Å². The number of halogens is 4. The standard InChI is InChI=1S/C24H26F4N2O2/c1-16-13-30(21(29-16)17-8-6-5-7-9-17)15-23(31,24(26,27)28)14-22(2,3)19-12-18(25)10-11-20(19)32-4/h5-13,31H,14-15H2,1-4H3. The topological polar surface area (TPSA) is 47.3 Å². The van der Waals surface area contributed by atoms with Crippen molar-refractivity contribution in [2.75, 3.05) is 7.11 Å². The smallest absolute Gasteiger partial charge is 0.418 e. The van der Waals surface area contributed by atoms with Crippen LogP contribution in [0.3, 0.4) is 0 Å². The molecule has 8 heteroatoms. The van der Waals surface area contributed by atoms with Crippen molar-refractivity contribution in [1.29, 1.82) is 0 Å². The molecule has 3 rings (SSSR count). The lowest BCUT2D eigenvalue weighted by atomic mass is 9.74. The summed E-state index contributed by atoms with van der Waals surface area (Å²) >= 11 is 0. The maximum absolute atomic E-state index is 14.2. The van der Waals surface area contributed by atoms with E-state index in [1.807, 2.05) is 0 Å². The van der Waals surface area contributed by atoms with Gasteiger partial charge in [0.1, 0.15) is 17.4 Å². The van der Waals surface area contributed by atoms with Crippen LogP contribution in [0.1, 0.15) is 31.5 Å². The first-order chi connectivity index (χ1) is 14.9. The van der Waals surface area contributed by atoms with Gasteiger partial charge in [0.25, 0.3) is 0 Å². The maximum Gasteiger partial charge on any atom is 0.418 e. The van der Waals surface area contributed by atoms with Crippen LogP contribution in [0.2, 0.25) is 0 Å². The molecule has 0 bridgehead atoms. The maximum atomic E-state index is 14.2. The van der Waals surface area contributed by atoms with Crippen LogP contribution in [0, 0.1) is 12.7 Å². The van der Waals surface area contributed by atoms with Crippen molar-refractivity contribution in [2.45, 2.75) is 50.9 Å². The SMILES string of the molecule is COc1ccc(F)cc1C(C)(C)CC(O)(Cn1cc(C)nc1-c1ccccc1)C(F)(F)F. The number of methoxy groups -OCH3 is 1. The average molecular weight is 450 g/mol. The van der Waals surface area contributed by atoms with Crippen LogP contribution in [-0.2, 0) is 12.0 Å². The van der Waals surface area contributed by atoms with Crippen LogP contribution < -0.4 is 4.74 Å². The molecular formula is C24H26F4N2O2. The van der Waals surface area contributed by atoms with Crippen molar-refractivity contribution in [3.8, 4) is 17.1 Å². The highest BCUT2D eigenvalue weighted by atomic mass is 19.4. The van der Waals surface area contributed by atoms with Gasteiger partial charge in [0.15, 0.2) is 5.60 Å². The lowest BCUT2D eigenvalue weighted by Gasteiger charge is -2.38. The molecule has 1 atom stereocenters. The molecule has 32 heavy (non-hydrogen) atoms. The highest BCUT2D eigenvalue weighted by Crippen LogP contribution is 2.44. The Hall–Kier alpha value is -2.87. The van der Waals surface area contributed by atoms with E-state index in [9.17, 15) is 22.7 Å². The van der Waals surface area contributed by atoms with E-state index in [2.05, 4.69) is 4.98 Å². The minimum atomic E-state index is -4.95. The second-order valence-corrected chi connectivity index (χ2v) is 8.63. The van der Waals surface area contributed by atoms with Gasteiger partial charge in [0, 0.05) is 17.3 Å². The van der Waals surface area contributed by atoms with Crippen molar-refractivity contribution < 1.29 is 27.4 Å². The number of aryl methyl sites for hydroxylation is 1. The summed E-state index contributed by atoms with van der Waals surface area (Å²) in [6.45, 7) is 3.97. The summed E-state index contributed by atoms with van der Waals surface area (Å²) in [7, 11) is 1.36. The Kier molecular flexibility index (Phi) is 6.38. The minimum Gasteiger partial charge on any atom is -0.496 e. The third-order valence-corrected chi connectivity index (χ3v) is 5.51. The predicted octanol–water partition coefficient (Wildman–Crippen LogP) is 5.67. The van der Waals surface area contributed by atoms with Gasteiger partial charge in [0.05, 0.1) is 19.3 Å². The number of alkyl halides is 3. The van der Waals surface area contributed by atoms with Gasteiger partial charge >= 0.3 is 6.18 Å². The molecule has 1 unspecified atom stereocenters. The number of aliphatic hydroxyl groups is 1. The fraction of sp³-hybridized carbons (Fsp3) is 0.375. The molecule has 0 aliphatic carbocycles. The summed E-state index contributed by atoms with van der Waals surface area (Å²) in [5.74, 6) is -0.0164. The van der Waals surface area contributed by atoms with E-state index in [1.54, 1.807) is 37.3 Å². The van der Waals surface area contributed by atoms with E-state index in [0.29, 0.717) is 17.1 Å². The Morgan fingerprint density at radius 1 is 1.06 bits per heavy atom. The number of rotatable bonds is 7. The summed E-state index contributed by atoms with van der Waals surface area (Å²) in [6.07, 6.45) is -4.18. The fourth-order valence-corrected chi connectivity index (χ4v) is 4.05. The Morgan fingerprint density at radius 3 is 2.31 bits per heavy atom. The van der Waals surface area contributed by atoms with Gasteiger partial charge in [-0.1, -0.05) is 44.2 Å². The van der Waals surface area contributed by atoms with Crippen LogP contribution in [0.25, 0.3) is 11.4 Å². The van der Waals surface area contributed by atoms with Crippen molar-refractivity contribution in [3.05, 3.63) is 71.8 Å². The van der Waals surface area contributed by atoms with Crippen molar-refractivity contribution >= 4 is 0 Å². The van der Waals surface area contributed by atoms with E-state index in [-0.39, 0.29) is 11.3 Å². The Bertz CT molecular complexity index is 1080. The Labute approximate surface area is 184 Å². The van der Waals surface area contributed by atoms with E-state index in [0.717, 1.165) is 6.07 Å². The van der Waals surface area contributed by atoms with Gasteiger partial charge in [-0.15, -0.1) is 0 Å². The molecule has 0 fully saturated rings. The van der Waals surface area contributed by atoms with Crippen LogP contribution >= 0.6 is 0 Å². The molecule has 0 radical (unpaired) electrons. The molecule has 2 aromatic carbocycles. The summed E-state index contributed by atoms with van der Waals surface area (Å²) < 4.78 is 63.2. The third kappa shape index (κ3) is 4.80. The molecule has 3 aromatic rings. The molecule has 1 aromatic heterocycles.